The Hall–Kier alpha value is -7.48. The molecule has 302 valence electrons. The molecular formula is C45H36F6N4O4. The zero-order valence-corrected chi connectivity index (χ0v) is 30.9. The highest BCUT2D eigenvalue weighted by molar-refractivity contribution is 5.50. The molecule has 8 N–H and O–H groups in total. The second kappa shape index (κ2) is 17.3. The number of halogens is 6. The van der Waals surface area contributed by atoms with Crippen LogP contribution in [0.2, 0.25) is 0 Å². The molecule has 0 bridgehead atoms. The summed E-state index contributed by atoms with van der Waals surface area (Å²) in [7, 11) is 0. The van der Waals surface area contributed by atoms with Crippen molar-refractivity contribution in [3.8, 4) is 46.0 Å². The summed E-state index contributed by atoms with van der Waals surface area (Å²) in [5.74, 6) is 3.68. The van der Waals surface area contributed by atoms with Crippen LogP contribution in [0.15, 0.2) is 170 Å². The molecule has 0 radical (unpaired) electrons. The number of nitrogens with two attached hydrogens (primary N) is 4. The second-order valence-corrected chi connectivity index (χ2v) is 13.0. The number of nitrogen functional groups attached to an aromatic ring is 4. The van der Waals surface area contributed by atoms with Gasteiger partial charge in [0.1, 0.15) is 46.0 Å². The maximum absolute atomic E-state index is 14.4. The molecule has 7 rings (SSSR count). The summed E-state index contributed by atoms with van der Waals surface area (Å²) in [5.41, 5.74) is 18.5. The molecule has 0 aliphatic heterocycles. The number of rotatable bonds is 10. The molecule has 0 saturated carbocycles. The molecule has 0 amide bonds. The van der Waals surface area contributed by atoms with Crippen LogP contribution in [-0.2, 0) is 5.41 Å². The summed E-state index contributed by atoms with van der Waals surface area (Å²) in [6.45, 7) is 0. The van der Waals surface area contributed by atoms with Crippen molar-refractivity contribution in [2.75, 3.05) is 22.9 Å². The molecule has 7 aromatic carbocycles. The van der Waals surface area contributed by atoms with E-state index in [-0.39, 0.29) is 11.5 Å². The van der Waals surface area contributed by atoms with E-state index in [2.05, 4.69) is 0 Å². The summed E-state index contributed by atoms with van der Waals surface area (Å²) < 4.78 is 109. The molecule has 14 heteroatoms. The van der Waals surface area contributed by atoms with Gasteiger partial charge in [0.05, 0.1) is 0 Å². The first-order valence-corrected chi connectivity index (χ1v) is 17.7. The lowest BCUT2D eigenvalue weighted by atomic mass is 9.73. The van der Waals surface area contributed by atoms with Gasteiger partial charge in [0.2, 0.25) is 5.41 Å². The van der Waals surface area contributed by atoms with Gasteiger partial charge in [0.15, 0.2) is 0 Å². The minimum atomic E-state index is -5.72. The molecule has 0 atom stereocenters. The highest BCUT2D eigenvalue weighted by Crippen LogP contribution is 2.56. The van der Waals surface area contributed by atoms with E-state index in [4.69, 9.17) is 41.9 Å². The fraction of sp³-hybridized carbons (Fsp3) is 0.0667. The van der Waals surface area contributed by atoms with E-state index in [0.717, 1.165) is 71.5 Å². The third kappa shape index (κ3) is 10.1. The highest BCUT2D eigenvalue weighted by atomic mass is 19.4. The third-order valence-corrected chi connectivity index (χ3v) is 8.71. The highest BCUT2D eigenvalue weighted by Gasteiger charge is 2.72. The average molecular weight is 811 g/mol. The van der Waals surface area contributed by atoms with Crippen LogP contribution in [0.3, 0.4) is 0 Å². The van der Waals surface area contributed by atoms with Crippen molar-refractivity contribution in [1.29, 1.82) is 0 Å². The van der Waals surface area contributed by atoms with E-state index >= 15 is 0 Å². The number of hydrogen-bond donors (Lipinski definition) is 4. The van der Waals surface area contributed by atoms with E-state index in [1.807, 2.05) is 48.5 Å². The summed E-state index contributed by atoms with van der Waals surface area (Å²) in [4.78, 5) is 0. The molecule has 0 heterocycles. The molecule has 0 spiro atoms. The molecule has 0 fully saturated rings. The van der Waals surface area contributed by atoms with Crippen molar-refractivity contribution in [2.45, 2.75) is 17.8 Å². The number of benzene rings is 7. The minimum absolute atomic E-state index is 0.0546. The normalized spacial score (nSPS) is 11.5. The van der Waals surface area contributed by atoms with Crippen LogP contribution < -0.4 is 41.9 Å². The Labute approximate surface area is 335 Å². The van der Waals surface area contributed by atoms with E-state index < -0.39 is 28.9 Å². The predicted molar refractivity (Wildman–Crippen MR) is 216 cm³/mol. The standard InChI is InChI=1S/C27H20F6N2O2.C18H16N2O2/c28-26(29,30)25(27(31,32)33,17-1-9-21(10-2-17)36-23-13-5-19(34)6-14-23)18-3-11-22(12-4-18)37-24-15-7-20(35)8-16-24;19-13-1-5-15(6-2-13)21-17-9-11-18(12-10-17)22-16-7-3-14(20)4-8-16/h1-16H,34-35H2;1-12H,19-20H2. The quantitative estimate of drug-likeness (QED) is 0.0790. The van der Waals surface area contributed by atoms with Gasteiger partial charge in [-0.1, -0.05) is 24.3 Å². The maximum Gasteiger partial charge on any atom is 0.411 e. The van der Waals surface area contributed by atoms with Crippen molar-refractivity contribution in [2.24, 2.45) is 0 Å². The van der Waals surface area contributed by atoms with Gasteiger partial charge in [0.25, 0.3) is 0 Å². The van der Waals surface area contributed by atoms with Crippen LogP contribution in [-0.4, -0.2) is 12.4 Å². The van der Waals surface area contributed by atoms with Crippen LogP contribution in [0.5, 0.6) is 46.0 Å². The Morgan fingerprint density at radius 1 is 0.254 bits per heavy atom. The van der Waals surface area contributed by atoms with Crippen molar-refractivity contribution < 1.29 is 45.3 Å². The second-order valence-electron chi connectivity index (χ2n) is 13.0. The van der Waals surface area contributed by atoms with E-state index in [9.17, 15) is 26.3 Å². The lowest BCUT2D eigenvalue weighted by molar-refractivity contribution is -0.288. The molecule has 0 aliphatic carbocycles. The first kappa shape index (κ1) is 41.2. The van der Waals surface area contributed by atoms with Gasteiger partial charge in [-0.05, 0) is 157 Å². The van der Waals surface area contributed by atoms with Crippen LogP contribution >= 0.6 is 0 Å². The Bertz CT molecular complexity index is 2230. The molecule has 8 nitrogen and oxygen atoms in total. The molecule has 59 heavy (non-hydrogen) atoms. The molecular weight excluding hydrogens is 775 g/mol. The summed E-state index contributed by atoms with van der Waals surface area (Å²) in [5, 5.41) is 0. The van der Waals surface area contributed by atoms with Gasteiger partial charge in [0, 0.05) is 22.7 Å². The van der Waals surface area contributed by atoms with E-state index in [0.29, 0.717) is 34.2 Å². The topological polar surface area (TPSA) is 141 Å². The van der Waals surface area contributed by atoms with Crippen LogP contribution in [0.1, 0.15) is 11.1 Å². The van der Waals surface area contributed by atoms with Crippen molar-refractivity contribution >= 4 is 22.7 Å². The van der Waals surface area contributed by atoms with Gasteiger partial charge in [-0.2, -0.15) is 26.3 Å². The maximum atomic E-state index is 14.4. The van der Waals surface area contributed by atoms with Crippen molar-refractivity contribution in [3.05, 3.63) is 181 Å². The van der Waals surface area contributed by atoms with Crippen LogP contribution in [0.25, 0.3) is 0 Å². The van der Waals surface area contributed by atoms with Gasteiger partial charge in [-0.3, -0.25) is 0 Å². The molecule has 0 saturated heterocycles. The molecule has 7 aromatic rings. The molecule has 0 aromatic heterocycles. The zero-order chi connectivity index (χ0) is 42.2. The lowest BCUT2D eigenvalue weighted by Gasteiger charge is -2.38. The third-order valence-electron chi connectivity index (χ3n) is 8.71. The van der Waals surface area contributed by atoms with Crippen LogP contribution in [0, 0.1) is 0 Å². The molecule has 0 unspecified atom stereocenters. The largest absolute Gasteiger partial charge is 0.457 e. The molecule has 0 aliphatic rings. The first-order chi connectivity index (χ1) is 28.1. The first-order valence-electron chi connectivity index (χ1n) is 17.7. The zero-order valence-electron chi connectivity index (χ0n) is 30.9. The van der Waals surface area contributed by atoms with Gasteiger partial charge in [-0.25, -0.2) is 0 Å². The summed E-state index contributed by atoms with van der Waals surface area (Å²) >= 11 is 0. The van der Waals surface area contributed by atoms with E-state index in [1.165, 1.54) is 24.3 Å². The number of hydrogen-bond acceptors (Lipinski definition) is 8. The Morgan fingerprint density at radius 3 is 0.576 bits per heavy atom. The van der Waals surface area contributed by atoms with Crippen LogP contribution in [0.4, 0.5) is 49.1 Å². The van der Waals surface area contributed by atoms with Gasteiger partial charge < -0.3 is 41.9 Å². The number of ether oxygens (including phenoxy) is 4. The smallest absolute Gasteiger partial charge is 0.411 e. The number of alkyl halides is 6. The van der Waals surface area contributed by atoms with Crippen molar-refractivity contribution in [1.82, 2.24) is 0 Å². The average Bonchev–Trinajstić information content (AvgIpc) is 3.20. The SMILES string of the molecule is Nc1ccc(Oc2ccc(C(c3ccc(Oc4ccc(N)cc4)cc3)(C(F)(F)F)C(F)(F)F)cc2)cc1.Nc1ccc(Oc2ccc(Oc3ccc(N)cc3)cc2)cc1. The Balaban J connectivity index is 0.000000226. The Morgan fingerprint density at radius 2 is 0.407 bits per heavy atom. The minimum Gasteiger partial charge on any atom is -0.457 e. The van der Waals surface area contributed by atoms with Crippen molar-refractivity contribution in [3.63, 3.8) is 0 Å². The number of anilines is 4. The van der Waals surface area contributed by atoms with E-state index in [1.54, 1.807) is 48.5 Å². The predicted octanol–water partition coefficient (Wildman–Crippen LogP) is 12.3. The van der Waals surface area contributed by atoms with Gasteiger partial charge in [-0.15, -0.1) is 0 Å². The van der Waals surface area contributed by atoms with Gasteiger partial charge >= 0.3 is 12.4 Å². The fourth-order valence-electron chi connectivity index (χ4n) is 5.79. The monoisotopic (exact) mass is 810 g/mol. The summed E-state index contributed by atoms with van der Waals surface area (Å²) in [6.07, 6.45) is -11.4. The Kier molecular flexibility index (Phi) is 12.1. The lowest BCUT2D eigenvalue weighted by Crippen LogP contribution is -2.54. The fourth-order valence-corrected chi connectivity index (χ4v) is 5.79. The summed E-state index contributed by atoms with van der Waals surface area (Å²) in [6, 6.07) is 41.4.